The summed E-state index contributed by atoms with van der Waals surface area (Å²) >= 11 is 0. The SMILES string of the molecule is CCC=CCC=CCC=CCCCCCCCC(=O)O[C@@]1(CCC)O[C@H](CO)[C@@H](O)[C@H](O)[C@H]1O. The van der Waals surface area contributed by atoms with Gasteiger partial charge in [0.25, 0.3) is 0 Å². The zero-order valence-electron chi connectivity index (χ0n) is 21.0. The average Bonchev–Trinajstić information content (AvgIpc) is 2.82. The zero-order valence-corrected chi connectivity index (χ0v) is 21.0. The van der Waals surface area contributed by atoms with Gasteiger partial charge >= 0.3 is 5.97 Å². The zero-order chi connectivity index (χ0) is 25.2. The molecule has 0 aromatic rings. The van der Waals surface area contributed by atoms with Crippen LogP contribution < -0.4 is 0 Å². The summed E-state index contributed by atoms with van der Waals surface area (Å²) in [7, 11) is 0. The topological polar surface area (TPSA) is 116 Å². The molecule has 0 bridgehead atoms. The molecule has 7 nitrogen and oxygen atoms in total. The first kappa shape index (κ1) is 30.5. The Hall–Kier alpha value is -1.51. The first-order valence-corrected chi connectivity index (χ1v) is 12.9. The lowest BCUT2D eigenvalue weighted by Crippen LogP contribution is -2.66. The van der Waals surface area contributed by atoms with Crippen LogP contribution in [0.5, 0.6) is 0 Å². The Kier molecular flexibility index (Phi) is 16.0. The highest BCUT2D eigenvalue weighted by Gasteiger charge is 2.55. The third-order valence-corrected chi connectivity index (χ3v) is 5.95. The summed E-state index contributed by atoms with van der Waals surface area (Å²) in [5.74, 6) is -2.28. The number of carbonyl (C=O) groups excluding carboxylic acids is 1. The number of rotatable bonds is 17. The Labute approximate surface area is 205 Å². The molecule has 5 atom stereocenters. The smallest absolute Gasteiger partial charge is 0.308 e. The maximum absolute atomic E-state index is 12.4. The van der Waals surface area contributed by atoms with Crippen LogP contribution in [0.3, 0.4) is 0 Å². The lowest BCUT2D eigenvalue weighted by molar-refractivity contribution is -0.353. The molecule has 34 heavy (non-hydrogen) atoms. The molecule has 0 aromatic carbocycles. The van der Waals surface area contributed by atoms with Gasteiger partial charge in [-0.3, -0.25) is 4.79 Å². The number of allylic oxidation sites excluding steroid dienone is 6. The molecule has 1 heterocycles. The van der Waals surface area contributed by atoms with Crippen LogP contribution in [0, 0.1) is 0 Å². The normalized spacial score (nSPS) is 27.8. The number of ether oxygens (including phenoxy) is 2. The minimum absolute atomic E-state index is 0.152. The van der Waals surface area contributed by atoms with Crippen molar-refractivity contribution in [3.05, 3.63) is 36.5 Å². The highest BCUT2D eigenvalue weighted by Crippen LogP contribution is 2.35. The van der Waals surface area contributed by atoms with Crippen LogP contribution in [0.2, 0.25) is 0 Å². The Balaban J connectivity index is 2.25. The van der Waals surface area contributed by atoms with Crippen molar-refractivity contribution >= 4 is 5.97 Å². The highest BCUT2D eigenvalue weighted by molar-refractivity contribution is 5.69. The van der Waals surface area contributed by atoms with E-state index in [1.807, 2.05) is 6.92 Å². The second-order valence-electron chi connectivity index (χ2n) is 8.90. The third-order valence-electron chi connectivity index (χ3n) is 5.95. The Morgan fingerprint density at radius 3 is 2.15 bits per heavy atom. The molecule has 0 amide bonds. The molecule has 1 rings (SSSR count). The molecule has 1 aliphatic heterocycles. The molecule has 1 aliphatic rings. The van der Waals surface area contributed by atoms with Crippen molar-refractivity contribution in [2.45, 2.75) is 121 Å². The van der Waals surface area contributed by atoms with Crippen LogP contribution in [-0.2, 0) is 14.3 Å². The first-order valence-electron chi connectivity index (χ1n) is 12.9. The molecular weight excluding hydrogens is 436 g/mol. The fourth-order valence-corrected chi connectivity index (χ4v) is 4.03. The number of carbonyl (C=O) groups is 1. The van der Waals surface area contributed by atoms with Gasteiger partial charge in [0.05, 0.1) is 6.61 Å². The predicted molar refractivity (Wildman–Crippen MR) is 133 cm³/mol. The fraction of sp³-hybridized carbons (Fsp3) is 0.741. The first-order chi connectivity index (χ1) is 16.4. The molecular formula is C27H46O7. The minimum atomic E-state index is -1.76. The molecule has 1 fully saturated rings. The van der Waals surface area contributed by atoms with E-state index in [-0.39, 0.29) is 12.8 Å². The molecule has 196 valence electrons. The molecule has 1 saturated heterocycles. The van der Waals surface area contributed by atoms with Crippen molar-refractivity contribution in [3.8, 4) is 0 Å². The highest BCUT2D eigenvalue weighted by atomic mass is 16.7. The number of aliphatic hydroxyl groups excluding tert-OH is 4. The van der Waals surface area contributed by atoms with Crippen molar-refractivity contribution < 1.29 is 34.7 Å². The average molecular weight is 483 g/mol. The van der Waals surface area contributed by atoms with Crippen LogP contribution in [0.4, 0.5) is 0 Å². The summed E-state index contributed by atoms with van der Waals surface area (Å²) in [6.07, 6.45) is 17.2. The lowest BCUT2D eigenvalue weighted by Gasteiger charge is -2.47. The maximum atomic E-state index is 12.4. The van der Waals surface area contributed by atoms with E-state index in [0.29, 0.717) is 12.8 Å². The molecule has 0 aromatic heterocycles. The van der Waals surface area contributed by atoms with E-state index < -0.39 is 42.8 Å². The molecule has 0 spiro atoms. The van der Waals surface area contributed by atoms with Crippen LogP contribution in [0.25, 0.3) is 0 Å². The fourth-order valence-electron chi connectivity index (χ4n) is 4.03. The van der Waals surface area contributed by atoms with Gasteiger partial charge in [-0.15, -0.1) is 0 Å². The predicted octanol–water partition coefficient (Wildman–Crippen LogP) is 4.09. The minimum Gasteiger partial charge on any atom is -0.430 e. The number of esters is 1. The molecule has 0 aliphatic carbocycles. The summed E-state index contributed by atoms with van der Waals surface area (Å²) in [5, 5.41) is 40.0. The van der Waals surface area contributed by atoms with Crippen molar-refractivity contribution in [2.24, 2.45) is 0 Å². The van der Waals surface area contributed by atoms with Gasteiger partial charge in [0.15, 0.2) is 0 Å². The number of unbranched alkanes of at least 4 members (excludes halogenated alkanes) is 5. The molecule has 7 heteroatoms. The van der Waals surface area contributed by atoms with Crippen LogP contribution in [0.15, 0.2) is 36.5 Å². The van der Waals surface area contributed by atoms with E-state index in [9.17, 15) is 25.2 Å². The largest absolute Gasteiger partial charge is 0.430 e. The van der Waals surface area contributed by atoms with Gasteiger partial charge in [-0.05, 0) is 44.9 Å². The van der Waals surface area contributed by atoms with Gasteiger partial charge in [0.2, 0.25) is 5.79 Å². The van der Waals surface area contributed by atoms with Crippen molar-refractivity contribution in [3.63, 3.8) is 0 Å². The van der Waals surface area contributed by atoms with Crippen molar-refractivity contribution in [2.75, 3.05) is 6.61 Å². The van der Waals surface area contributed by atoms with Gasteiger partial charge < -0.3 is 29.9 Å². The van der Waals surface area contributed by atoms with Gasteiger partial charge in [-0.25, -0.2) is 0 Å². The van der Waals surface area contributed by atoms with E-state index in [4.69, 9.17) is 9.47 Å². The quantitative estimate of drug-likeness (QED) is 0.140. The van der Waals surface area contributed by atoms with Gasteiger partial charge in [0, 0.05) is 12.8 Å². The van der Waals surface area contributed by atoms with E-state index in [1.165, 1.54) is 0 Å². The molecule has 0 radical (unpaired) electrons. The summed E-state index contributed by atoms with van der Waals surface area (Å²) in [4.78, 5) is 12.4. The Bertz CT molecular complexity index is 628. The van der Waals surface area contributed by atoms with Gasteiger partial charge in [-0.1, -0.05) is 69.6 Å². The Morgan fingerprint density at radius 1 is 0.882 bits per heavy atom. The van der Waals surface area contributed by atoms with E-state index in [1.54, 1.807) is 0 Å². The van der Waals surface area contributed by atoms with Crippen LogP contribution >= 0.6 is 0 Å². The van der Waals surface area contributed by atoms with Crippen LogP contribution in [-0.4, -0.2) is 63.2 Å². The second-order valence-corrected chi connectivity index (χ2v) is 8.90. The van der Waals surface area contributed by atoms with E-state index in [2.05, 4.69) is 43.4 Å². The second kappa shape index (κ2) is 17.9. The monoisotopic (exact) mass is 482 g/mol. The standard InChI is InChI=1S/C27H46O7/c1-3-5-6-7-8-9-10-11-12-13-14-15-16-17-18-19-23(29)34-27(20-4-2)26(32)25(31)24(30)22(21-28)33-27/h5-6,8-9,11-12,22,24-26,28,30-32H,3-4,7,10,13-21H2,1-2H3/t22-,24-,25+,26-,27-/m1/s1. The van der Waals surface area contributed by atoms with Gasteiger partial charge in [0.1, 0.15) is 24.4 Å². The Morgan fingerprint density at radius 2 is 1.50 bits per heavy atom. The third kappa shape index (κ3) is 10.8. The lowest BCUT2D eigenvalue weighted by atomic mass is 9.90. The summed E-state index contributed by atoms with van der Waals surface area (Å²) in [6.45, 7) is 3.40. The summed E-state index contributed by atoms with van der Waals surface area (Å²) in [6, 6.07) is 0. The van der Waals surface area contributed by atoms with Crippen molar-refractivity contribution in [1.82, 2.24) is 0 Å². The summed E-state index contributed by atoms with van der Waals surface area (Å²) < 4.78 is 11.1. The molecule has 0 unspecified atom stereocenters. The molecule has 0 saturated carbocycles. The molecule has 4 N–H and O–H groups in total. The number of hydrogen-bond acceptors (Lipinski definition) is 7. The van der Waals surface area contributed by atoms with Gasteiger partial charge in [-0.2, -0.15) is 0 Å². The number of aliphatic hydroxyl groups is 4. The van der Waals surface area contributed by atoms with Crippen molar-refractivity contribution in [1.29, 1.82) is 0 Å². The maximum Gasteiger partial charge on any atom is 0.308 e. The van der Waals surface area contributed by atoms with E-state index >= 15 is 0 Å². The number of hydrogen-bond donors (Lipinski definition) is 4. The van der Waals surface area contributed by atoms with E-state index in [0.717, 1.165) is 51.4 Å². The summed E-state index contributed by atoms with van der Waals surface area (Å²) in [5.41, 5.74) is 0. The van der Waals surface area contributed by atoms with Crippen LogP contribution in [0.1, 0.15) is 90.9 Å².